The maximum atomic E-state index is 13.9. The van der Waals surface area contributed by atoms with Crippen molar-refractivity contribution in [2.45, 2.75) is 88.4 Å². The molecule has 0 aliphatic heterocycles. The number of nitrogens with two attached hydrogens (primary N) is 1. The number of alkyl halides is 4. The smallest absolute Gasteiger partial charge is 0.270 e. The van der Waals surface area contributed by atoms with Crippen LogP contribution in [0, 0.1) is 5.92 Å². The predicted octanol–water partition coefficient (Wildman–Crippen LogP) is 4.02. The molecule has 4 N–H and O–H groups in total. The molecule has 3 aromatic rings. The fraction of sp³-hybridized carbons (Fsp3) is 0.615. The van der Waals surface area contributed by atoms with Gasteiger partial charge in [0.15, 0.2) is 5.65 Å². The van der Waals surface area contributed by atoms with Gasteiger partial charge in [0.05, 0.1) is 24.1 Å². The number of aromatic nitrogens is 5. The summed E-state index contributed by atoms with van der Waals surface area (Å²) in [5, 5.41) is 14.8. The van der Waals surface area contributed by atoms with E-state index in [2.05, 4.69) is 20.8 Å². The normalized spacial score (nSPS) is 21.1. The van der Waals surface area contributed by atoms with E-state index in [4.69, 9.17) is 10.7 Å². The highest BCUT2D eigenvalue weighted by Gasteiger charge is 2.53. The van der Waals surface area contributed by atoms with Gasteiger partial charge in [-0.2, -0.15) is 10.2 Å². The Morgan fingerprint density at radius 3 is 2.54 bits per heavy atom. The Hall–Kier alpha value is -3.06. The SMILES string of the molecule is CC(C)n1nccc1C(=O)N[C@H](c1cn2ncc(CNCC3(N)CC(F)(F)C3)cc2n1)C1CCC(F)(F)CC1. The van der Waals surface area contributed by atoms with Gasteiger partial charge in [0.25, 0.3) is 11.8 Å². The topological polar surface area (TPSA) is 115 Å². The zero-order valence-electron chi connectivity index (χ0n) is 22.0. The minimum atomic E-state index is -2.71. The molecule has 0 bridgehead atoms. The van der Waals surface area contributed by atoms with Gasteiger partial charge in [0.1, 0.15) is 5.69 Å². The van der Waals surface area contributed by atoms with Gasteiger partial charge >= 0.3 is 0 Å². The Labute approximate surface area is 223 Å². The molecule has 1 amide bonds. The molecule has 13 heteroatoms. The van der Waals surface area contributed by atoms with E-state index in [0.29, 0.717) is 23.6 Å². The second-order valence-corrected chi connectivity index (χ2v) is 11.4. The van der Waals surface area contributed by atoms with Crippen LogP contribution in [0.2, 0.25) is 0 Å². The maximum Gasteiger partial charge on any atom is 0.270 e. The number of hydrogen-bond acceptors (Lipinski definition) is 6. The summed E-state index contributed by atoms with van der Waals surface area (Å²) in [4.78, 5) is 18.0. The molecule has 9 nitrogen and oxygen atoms in total. The first-order valence-electron chi connectivity index (χ1n) is 13.3. The molecule has 0 aromatic carbocycles. The minimum absolute atomic E-state index is 0.0334. The maximum absolute atomic E-state index is 13.9. The highest BCUT2D eigenvalue weighted by Crippen LogP contribution is 2.44. The number of hydrogen-bond donors (Lipinski definition) is 3. The van der Waals surface area contributed by atoms with E-state index >= 15 is 0 Å². The van der Waals surface area contributed by atoms with Crippen LogP contribution >= 0.6 is 0 Å². The number of nitrogens with one attached hydrogen (secondary N) is 2. The van der Waals surface area contributed by atoms with Crippen molar-refractivity contribution in [1.82, 2.24) is 35.0 Å². The number of nitrogens with zero attached hydrogens (tertiary/aromatic N) is 5. The van der Waals surface area contributed by atoms with Crippen molar-refractivity contribution >= 4 is 11.6 Å². The average molecular weight is 551 g/mol. The van der Waals surface area contributed by atoms with Crippen LogP contribution in [0.15, 0.2) is 30.7 Å². The van der Waals surface area contributed by atoms with Crippen molar-refractivity contribution in [3.63, 3.8) is 0 Å². The van der Waals surface area contributed by atoms with Gasteiger partial charge in [0.2, 0.25) is 5.92 Å². The van der Waals surface area contributed by atoms with Gasteiger partial charge < -0.3 is 16.4 Å². The Morgan fingerprint density at radius 2 is 1.87 bits per heavy atom. The number of halogens is 4. The molecular weight excluding hydrogens is 516 g/mol. The highest BCUT2D eigenvalue weighted by atomic mass is 19.3. The van der Waals surface area contributed by atoms with E-state index in [1.807, 2.05) is 19.9 Å². The number of rotatable bonds is 9. The molecule has 3 aromatic heterocycles. The molecule has 212 valence electrons. The van der Waals surface area contributed by atoms with E-state index in [1.54, 1.807) is 33.9 Å². The third-order valence-corrected chi connectivity index (χ3v) is 7.65. The van der Waals surface area contributed by atoms with E-state index in [1.165, 1.54) is 0 Å². The zero-order chi connectivity index (χ0) is 28.0. The number of carbonyl (C=O) groups excluding carboxylic acids is 1. The summed E-state index contributed by atoms with van der Waals surface area (Å²) < 4.78 is 57.5. The van der Waals surface area contributed by atoms with Crippen LogP contribution in [0.4, 0.5) is 17.6 Å². The van der Waals surface area contributed by atoms with Gasteiger partial charge in [-0.05, 0) is 50.3 Å². The van der Waals surface area contributed by atoms with Crippen molar-refractivity contribution in [1.29, 1.82) is 0 Å². The highest BCUT2D eigenvalue weighted by molar-refractivity contribution is 5.92. The van der Waals surface area contributed by atoms with Crippen LogP contribution < -0.4 is 16.4 Å². The Balaban J connectivity index is 1.34. The number of fused-ring (bicyclic) bond motifs is 1. The quantitative estimate of drug-likeness (QED) is 0.347. The van der Waals surface area contributed by atoms with Crippen molar-refractivity contribution in [3.8, 4) is 0 Å². The lowest BCUT2D eigenvalue weighted by molar-refractivity contribution is -0.120. The van der Waals surface area contributed by atoms with Crippen LogP contribution in [-0.4, -0.2) is 54.2 Å². The molecule has 2 aliphatic carbocycles. The molecule has 39 heavy (non-hydrogen) atoms. The molecule has 5 rings (SSSR count). The molecule has 2 saturated carbocycles. The molecule has 2 aliphatic rings. The summed E-state index contributed by atoms with van der Waals surface area (Å²) in [5.74, 6) is -5.98. The molecule has 0 unspecified atom stereocenters. The third-order valence-electron chi connectivity index (χ3n) is 7.65. The molecule has 0 radical (unpaired) electrons. The van der Waals surface area contributed by atoms with Crippen molar-refractivity contribution in [3.05, 3.63) is 47.7 Å². The first kappa shape index (κ1) is 27.5. The van der Waals surface area contributed by atoms with Gasteiger partial charge in [-0.1, -0.05) is 0 Å². The summed E-state index contributed by atoms with van der Waals surface area (Å²) >= 11 is 0. The second kappa shape index (κ2) is 10.2. The van der Waals surface area contributed by atoms with Crippen LogP contribution in [-0.2, 0) is 6.54 Å². The van der Waals surface area contributed by atoms with Gasteiger partial charge in [-0.3, -0.25) is 9.48 Å². The molecule has 1 atom stereocenters. The van der Waals surface area contributed by atoms with Crippen LogP contribution in [0.25, 0.3) is 5.65 Å². The van der Waals surface area contributed by atoms with Crippen molar-refractivity contribution < 1.29 is 22.4 Å². The molecule has 3 heterocycles. The second-order valence-electron chi connectivity index (χ2n) is 11.4. The first-order valence-corrected chi connectivity index (χ1v) is 13.3. The Kier molecular flexibility index (Phi) is 7.17. The zero-order valence-corrected chi connectivity index (χ0v) is 22.0. The number of carbonyl (C=O) groups is 1. The molecule has 0 spiro atoms. The summed E-state index contributed by atoms with van der Waals surface area (Å²) in [6.45, 7) is 4.45. The van der Waals surface area contributed by atoms with E-state index in [-0.39, 0.29) is 62.9 Å². The summed E-state index contributed by atoms with van der Waals surface area (Å²) in [7, 11) is 0. The van der Waals surface area contributed by atoms with Crippen LogP contribution in [0.5, 0.6) is 0 Å². The van der Waals surface area contributed by atoms with Gasteiger partial charge in [0, 0.05) is 56.6 Å². The third kappa shape index (κ3) is 6.08. The minimum Gasteiger partial charge on any atom is -0.342 e. The lowest BCUT2D eigenvalue weighted by atomic mass is 9.74. The Morgan fingerprint density at radius 1 is 1.15 bits per heavy atom. The van der Waals surface area contributed by atoms with Gasteiger partial charge in [-0.15, -0.1) is 0 Å². The summed E-state index contributed by atoms with van der Waals surface area (Å²) in [6, 6.07) is 2.81. The molecule has 2 fully saturated rings. The lowest BCUT2D eigenvalue weighted by Crippen LogP contribution is -2.62. The monoisotopic (exact) mass is 550 g/mol. The van der Waals surface area contributed by atoms with E-state index < -0.39 is 23.4 Å². The predicted molar refractivity (Wildman–Crippen MR) is 136 cm³/mol. The number of amides is 1. The summed E-state index contributed by atoms with van der Waals surface area (Å²) in [6.07, 6.45) is 4.22. The number of imidazole rings is 1. The van der Waals surface area contributed by atoms with Crippen LogP contribution in [0.1, 0.15) is 86.2 Å². The van der Waals surface area contributed by atoms with Crippen molar-refractivity contribution in [2.75, 3.05) is 6.54 Å². The molecule has 0 saturated heterocycles. The fourth-order valence-corrected chi connectivity index (χ4v) is 5.69. The standard InChI is InChI=1S/C26H34F4N8O/c1-16(2)38-20(5-8-33-38)23(39)36-22(18-3-6-25(27,28)7-4-18)19-12-37-21(35-19)9-17(11-34-37)10-32-15-24(31)13-26(29,30)14-24/h5,8-9,11-12,16,18,22,32H,3-4,6-7,10,13-15,31H2,1-2H3,(H,36,39)/t22-/m0/s1. The van der Waals surface area contributed by atoms with E-state index in [9.17, 15) is 22.4 Å². The van der Waals surface area contributed by atoms with E-state index in [0.717, 1.165) is 5.56 Å². The fourth-order valence-electron chi connectivity index (χ4n) is 5.69. The Bertz CT molecular complexity index is 1320. The lowest BCUT2D eigenvalue weighted by Gasteiger charge is -2.44. The van der Waals surface area contributed by atoms with Crippen LogP contribution in [0.3, 0.4) is 0 Å². The average Bonchev–Trinajstić information content (AvgIpc) is 3.48. The first-order chi connectivity index (χ1) is 18.3. The summed E-state index contributed by atoms with van der Waals surface area (Å²) in [5.41, 5.74) is 7.30. The van der Waals surface area contributed by atoms with Crippen molar-refractivity contribution in [2.24, 2.45) is 11.7 Å². The largest absolute Gasteiger partial charge is 0.342 e. The molecular formula is C26H34F4N8O. The van der Waals surface area contributed by atoms with Gasteiger partial charge in [-0.25, -0.2) is 27.1 Å².